The Morgan fingerprint density at radius 1 is 1.00 bits per heavy atom. The fraction of sp³-hybridized carbons (Fsp3) is 0.333. The maximum atomic E-state index is 13.3. The molecule has 190 valence electrons. The molecule has 2 aromatic carbocycles. The van der Waals surface area contributed by atoms with Crippen LogP contribution < -0.4 is 24.2 Å². The Hall–Kier alpha value is -3.93. The van der Waals surface area contributed by atoms with E-state index >= 15 is 0 Å². The minimum atomic E-state index is -4.14. The van der Waals surface area contributed by atoms with Gasteiger partial charge in [0.1, 0.15) is 17.2 Å². The lowest BCUT2D eigenvalue weighted by atomic mass is 10.0. The molecule has 2 aromatic heterocycles. The lowest BCUT2D eigenvalue weighted by Crippen LogP contribution is -2.15. The highest BCUT2D eigenvalue weighted by Gasteiger charge is 2.27. The second kappa shape index (κ2) is 9.61. The third-order valence-electron chi connectivity index (χ3n) is 6.33. The summed E-state index contributed by atoms with van der Waals surface area (Å²) in [5.74, 6) is 1.89. The van der Waals surface area contributed by atoms with Crippen LogP contribution in [0.3, 0.4) is 0 Å². The molecular weight excluding hydrogens is 486 g/mol. The number of sulfonamides is 1. The minimum absolute atomic E-state index is 0.00565. The van der Waals surface area contributed by atoms with Gasteiger partial charge in [0.05, 0.1) is 32.4 Å². The van der Waals surface area contributed by atoms with Gasteiger partial charge in [0, 0.05) is 23.7 Å². The molecule has 0 spiro atoms. The topological polar surface area (TPSA) is 141 Å². The smallest absolute Gasteiger partial charge is 0.270 e. The molecule has 1 fully saturated rings. The predicted octanol–water partition coefficient (Wildman–Crippen LogP) is 4.78. The van der Waals surface area contributed by atoms with E-state index in [0.29, 0.717) is 34.1 Å². The summed E-state index contributed by atoms with van der Waals surface area (Å²) in [7, 11) is 0.156. The summed E-state index contributed by atoms with van der Waals surface area (Å²) in [4.78, 5) is -0.145. The van der Waals surface area contributed by atoms with Crippen LogP contribution in [0.5, 0.6) is 17.2 Å². The highest BCUT2D eigenvalue weighted by molar-refractivity contribution is 7.93. The van der Waals surface area contributed by atoms with E-state index in [1.165, 1.54) is 46.3 Å². The largest absolute Gasteiger partial charge is 0.495 e. The molecule has 1 saturated carbocycles. The van der Waals surface area contributed by atoms with Gasteiger partial charge in [0.2, 0.25) is 0 Å². The lowest BCUT2D eigenvalue weighted by Gasteiger charge is -2.14. The summed E-state index contributed by atoms with van der Waals surface area (Å²) in [5.41, 5.74) is 2.07. The quantitative estimate of drug-likeness (QED) is 0.288. The summed E-state index contributed by atoms with van der Waals surface area (Å²) in [6.07, 6.45) is 4.79. The number of hydrogen-bond acceptors (Lipinski definition) is 9. The standard InChI is InChI=1S/C24H27N5O6S/c1-32-18-9-6-10-19(33-2)23(18)36(30,31)29-24-15-11-21(34-3)17(12-20(15)35-28-24)25-22-13-16(26-27-22)14-7-4-5-8-14/h6,9-14H,4-5,7-8H2,1-3H3,(H,28,29)(H2,25,26,27). The molecule has 3 N–H and O–H groups in total. The molecule has 11 nitrogen and oxygen atoms in total. The molecular formula is C24H27N5O6S. The maximum Gasteiger partial charge on any atom is 0.270 e. The Morgan fingerprint density at radius 3 is 2.36 bits per heavy atom. The number of anilines is 3. The molecule has 1 aliphatic rings. The van der Waals surface area contributed by atoms with Gasteiger partial charge in [-0.2, -0.15) is 5.10 Å². The van der Waals surface area contributed by atoms with Crippen molar-refractivity contribution in [2.24, 2.45) is 0 Å². The second-order valence-corrected chi connectivity index (χ2v) is 10.1. The van der Waals surface area contributed by atoms with Crippen LogP contribution in [-0.2, 0) is 10.0 Å². The second-order valence-electron chi connectivity index (χ2n) is 8.49. The van der Waals surface area contributed by atoms with Gasteiger partial charge in [0.15, 0.2) is 22.1 Å². The molecule has 0 saturated heterocycles. The molecule has 0 unspecified atom stereocenters. The van der Waals surface area contributed by atoms with Gasteiger partial charge in [-0.25, -0.2) is 8.42 Å². The molecule has 1 aliphatic carbocycles. The van der Waals surface area contributed by atoms with Crippen LogP contribution in [0.4, 0.5) is 17.3 Å². The first-order valence-electron chi connectivity index (χ1n) is 11.5. The van der Waals surface area contributed by atoms with Gasteiger partial charge in [-0.15, -0.1) is 0 Å². The van der Waals surface area contributed by atoms with Crippen LogP contribution in [0, 0.1) is 0 Å². The zero-order valence-corrected chi connectivity index (χ0v) is 20.9. The first-order chi connectivity index (χ1) is 17.4. The van der Waals surface area contributed by atoms with E-state index in [1.807, 2.05) is 6.07 Å². The van der Waals surface area contributed by atoms with E-state index in [2.05, 4.69) is 25.4 Å². The van der Waals surface area contributed by atoms with Crippen molar-refractivity contribution in [3.63, 3.8) is 0 Å². The molecule has 12 heteroatoms. The fourth-order valence-electron chi connectivity index (χ4n) is 4.55. The molecule has 0 radical (unpaired) electrons. The first kappa shape index (κ1) is 23.8. The number of nitrogens with zero attached hydrogens (tertiary/aromatic N) is 2. The summed E-state index contributed by atoms with van der Waals surface area (Å²) in [5, 5.41) is 15.1. The van der Waals surface area contributed by atoms with Crippen LogP contribution in [0.1, 0.15) is 37.3 Å². The third kappa shape index (κ3) is 4.39. The number of hydrogen-bond donors (Lipinski definition) is 3. The number of ether oxygens (including phenoxy) is 3. The summed E-state index contributed by atoms with van der Waals surface area (Å²) in [6.45, 7) is 0. The first-order valence-corrected chi connectivity index (χ1v) is 13.0. The van der Waals surface area contributed by atoms with Gasteiger partial charge in [0.25, 0.3) is 10.0 Å². The number of rotatable bonds is 9. The Labute approximate surface area is 208 Å². The van der Waals surface area contributed by atoms with Gasteiger partial charge in [-0.05, 0) is 31.0 Å². The summed E-state index contributed by atoms with van der Waals surface area (Å²) in [6, 6.07) is 10.0. The molecule has 0 bridgehead atoms. The summed E-state index contributed by atoms with van der Waals surface area (Å²) < 4.78 is 50.5. The van der Waals surface area contributed by atoms with E-state index in [9.17, 15) is 8.42 Å². The van der Waals surface area contributed by atoms with Crippen LogP contribution in [0.2, 0.25) is 0 Å². The van der Waals surface area contributed by atoms with Gasteiger partial charge < -0.3 is 24.1 Å². The van der Waals surface area contributed by atoms with E-state index < -0.39 is 10.0 Å². The van der Waals surface area contributed by atoms with Crippen molar-refractivity contribution < 1.29 is 27.2 Å². The molecule has 0 atom stereocenters. The fourth-order valence-corrected chi connectivity index (χ4v) is 5.89. The third-order valence-corrected chi connectivity index (χ3v) is 7.73. The highest BCUT2D eigenvalue weighted by Crippen LogP contribution is 2.39. The Bertz CT molecular complexity index is 1470. The van der Waals surface area contributed by atoms with Gasteiger partial charge in [-0.1, -0.05) is 24.1 Å². The lowest BCUT2D eigenvalue weighted by molar-refractivity contribution is 0.373. The number of fused-ring (bicyclic) bond motifs is 1. The average molecular weight is 514 g/mol. The normalized spacial score (nSPS) is 14.2. The van der Waals surface area contributed by atoms with Crippen molar-refractivity contribution in [2.75, 3.05) is 31.4 Å². The molecule has 5 rings (SSSR count). The number of benzene rings is 2. The van der Waals surface area contributed by atoms with Crippen molar-refractivity contribution >= 4 is 38.3 Å². The van der Waals surface area contributed by atoms with E-state index in [1.54, 1.807) is 18.2 Å². The SMILES string of the molecule is COc1cc2c(NS(=O)(=O)c3c(OC)cccc3OC)noc2cc1Nc1cc(C2CCCC2)[nH]n1. The molecule has 0 aliphatic heterocycles. The Balaban J connectivity index is 1.45. The Kier molecular flexibility index (Phi) is 6.35. The molecule has 2 heterocycles. The van der Waals surface area contributed by atoms with Crippen molar-refractivity contribution in [1.29, 1.82) is 0 Å². The molecule has 0 amide bonds. The van der Waals surface area contributed by atoms with Crippen LogP contribution in [-0.4, -0.2) is 45.1 Å². The molecule has 4 aromatic rings. The predicted molar refractivity (Wildman–Crippen MR) is 134 cm³/mol. The van der Waals surface area contributed by atoms with Crippen molar-refractivity contribution in [1.82, 2.24) is 15.4 Å². The zero-order valence-electron chi connectivity index (χ0n) is 20.1. The average Bonchev–Trinajstić information content (AvgIpc) is 3.64. The van der Waals surface area contributed by atoms with Crippen LogP contribution >= 0.6 is 0 Å². The minimum Gasteiger partial charge on any atom is -0.495 e. The number of nitrogens with one attached hydrogen (secondary N) is 3. The van der Waals surface area contributed by atoms with Gasteiger partial charge in [-0.3, -0.25) is 9.82 Å². The summed E-state index contributed by atoms with van der Waals surface area (Å²) >= 11 is 0. The van der Waals surface area contributed by atoms with Crippen molar-refractivity contribution in [2.45, 2.75) is 36.5 Å². The van der Waals surface area contributed by atoms with E-state index in [0.717, 1.165) is 18.5 Å². The van der Waals surface area contributed by atoms with Crippen LogP contribution in [0.25, 0.3) is 11.0 Å². The van der Waals surface area contributed by atoms with E-state index in [-0.39, 0.29) is 22.2 Å². The van der Waals surface area contributed by atoms with E-state index in [4.69, 9.17) is 18.7 Å². The number of aromatic amines is 1. The van der Waals surface area contributed by atoms with Crippen molar-refractivity contribution in [3.8, 4) is 17.2 Å². The van der Waals surface area contributed by atoms with Crippen LogP contribution in [0.15, 0.2) is 45.8 Å². The zero-order chi connectivity index (χ0) is 25.3. The number of aromatic nitrogens is 3. The Morgan fingerprint density at radius 2 is 1.69 bits per heavy atom. The number of methoxy groups -OCH3 is 3. The highest BCUT2D eigenvalue weighted by atomic mass is 32.2. The van der Waals surface area contributed by atoms with Crippen molar-refractivity contribution in [3.05, 3.63) is 42.1 Å². The van der Waals surface area contributed by atoms with Gasteiger partial charge >= 0.3 is 0 Å². The maximum absolute atomic E-state index is 13.3. The number of H-pyrrole nitrogens is 1. The monoisotopic (exact) mass is 513 g/mol. The molecule has 36 heavy (non-hydrogen) atoms.